The maximum absolute atomic E-state index is 10.5. The SMILES string of the molecule is COc1ncnc2c1ncn2[C@@H]1C2=CC[C@H](O)C[C@@H]2[C@@H](O)[C@H]1O. The van der Waals surface area contributed by atoms with Crippen molar-refractivity contribution in [2.75, 3.05) is 7.11 Å². The number of methoxy groups -OCH3 is 1. The second kappa shape index (κ2) is 5.26. The average Bonchev–Trinajstić information content (AvgIpc) is 3.08. The first kappa shape index (κ1) is 14.6. The number of hydrogen-bond donors (Lipinski definition) is 3. The van der Waals surface area contributed by atoms with Gasteiger partial charge in [0.2, 0.25) is 5.88 Å². The average molecular weight is 318 g/mol. The Morgan fingerprint density at radius 2 is 2.00 bits per heavy atom. The van der Waals surface area contributed by atoms with E-state index in [1.54, 1.807) is 10.9 Å². The van der Waals surface area contributed by atoms with Crippen molar-refractivity contribution in [3.8, 4) is 5.88 Å². The van der Waals surface area contributed by atoms with E-state index < -0.39 is 24.4 Å². The van der Waals surface area contributed by atoms with Crippen LogP contribution in [0.25, 0.3) is 11.2 Å². The molecule has 5 atom stereocenters. The molecule has 8 heteroatoms. The number of aliphatic hydroxyl groups excluding tert-OH is 3. The number of fused-ring (bicyclic) bond motifs is 2. The van der Waals surface area contributed by atoms with E-state index >= 15 is 0 Å². The van der Waals surface area contributed by atoms with Gasteiger partial charge in [-0.25, -0.2) is 9.97 Å². The summed E-state index contributed by atoms with van der Waals surface area (Å²) >= 11 is 0. The molecule has 122 valence electrons. The third kappa shape index (κ3) is 2.06. The molecule has 2 aromatic rings. The smallest absolute Gasteiger partial charge is 0.245 e. The van der Waals surface area contributed by atoms with E-state index in [0.29, 0.717) is 29.9 Å². The Hall–Kier alpha value is -2.03. The molecular formula is C15H18N4O4. The molecule has 2 aromatic heterocycles. The number of rotatable bonds is 2. The number of aliphatic hydroxyl groups is 3. The second-order valence-corrected chi connectivity index (χ2v) is 6.07. The summed E-state index contributed by atoms with van der Waals surface area (Å²) in [4.78, 5) is 12.6. The summed E-state index contributed by atoms with van der Waals surface area (Å²) in [6, 6.07) is -0.452. The van der Waals surface area contributed by atoms with Gasteiger partial charge >= 0.3 is 0 Å². The summed E-state index contributed by atoms with van der Waals surface area (Å²) in [5.74, 6) is 0.117. The fourth-order valence-corrected chi connectivity index (χ4v) is 3.76. The first-order valence-corrected chi connectivity index (χ1v) is 7.57. The lowest BCUT2D eigenvalue weighted by molar-refractivity contribution is -0.00306. The van der Waals surface area contributed by atoms with Crippen molar-refractivity contribution in [1.82, 2.24) is 19.5 Å². The highest BCUT2D eigenvalue weighted by molar-refractivity contribution is 5.76. The van der Waals surface area contributed by atoms with Crippen LogP contribution in [0.1, 0.15) is 18.9 Å². The predicted molar refractivity (Wildman–Crippen MR) is 79.7 cm³/mol. The summed E-state index contributed by atoms with van der Waals surface area (Å²) in [6.07, 6.45) is 3.47. The van der Waals surface area contributed by atoms with E-state index in [9.17, 15) is 15.3 Å². The highest BCUT2D eigenvalue weighted by atomic mass is 16.5. The summed E-state index contributed by atoms with van der Waals surface area (Å²) in [6.45, 7) is 0. The summed E-state index contributed by atoms with van der Waals surface area (Å²) < 4.78 is 6.93. The van der Waals surface area contributed by atoms with Gasteiger partial charge in [0, 0.05) is 5.92 Å². The maximum atomic E-state index is 10.5. The number of ether oxygens (including phenoxy) is 1. The molecule has 2 heterocycles. The lowest BCUT2D eigenvalue weighted by Crippen LogP contribution is -2.30. The van der Waals surface area contributed by atoms with Crippen LogP contribution in [0.2, 0.25) is 0 Å². The van der Waals surface area contributed by atoms with Crippen LogP contribution in [0.15, 0.2) is 24.3 Å². The highest BCUT2D eigenvalue weighted by Gasteiger charge is 2.48. The van der Waals surface area contributed by atoms with Crippen molar-refractivity contribution >= 4 is 11.2 Å². The monoisotopic (exact) mass is 318 g/mol. The lowest BCUT2D eigenvalue weighted by atomic mass is 9.86. The Balaban J connectivity index is 1.84. The molecule has 0 aliphatic heterocycles. The minimum atomic E-state index is -0.977. The molecule has 0 spiro atoms. The number of aromatic nitrogens is 4. The molecule has 0 radical (unpaired) electrons. The molecule has 0 saturated heterocycles. The van der Waals surface area contributed by atoms with Crippen LogP contribution < -0.4 is 4.74 Å². The lowest BCUT2D eigenvalue weighted by Gasteiger charge is -2.25. The molecule has 0 bridgehead atoms. The Morgan fingerprint density at radius 1 is 1.17 bits per heavy atom. The Bertz CT molecular complexity index is 774. The van der Waals surface area contributed by atoms with Gasteiger partial charge in [0.1, 0.15) is 12.4 Å². The Labute approximate surface area is 132 Å². The molecule has 1 fully saturated rings. The molecule has 23 heavy (non-hydrogen) atoms. The van der Waals surface area contributed by atoms with Crippen LogP contribution in [0.3, 0.4) is 0 Å². The zero-order chi connectivity index (χ0) is 16.1. The minimum Gasteiger partial charge on any atom is -0.479 e. The van der Waals surface area contributed by atoms with Crippen LogP contribution in [-0.2, 0) is 0 Å². The van der Waals surface area contributed by atoms with E-state index in [-0.39, 0.29) is 5.92 Å². The molecular weight excluding hydrogens is 300 g/mol. The van der Waals surface area contributed by atoms with E-state index in [2.05, 4.69) is 15.0 Å². The van der Waals surface area contributed by atoms with Crippen molar-refractivity contribution in [2.45, 2.75) is 37.2 Å². The molecule has 2 aliphatic carbocycles. The predicted octanol–water partition coefficient (Wildman–Crippen LogP) is -0.191. The molecule has 4 rings (SSSR count). The van der Waals surface area contributed by atoms with Crippen molar-refractivity contribution in [3.63, 3.8) is 0 Å². The van der Waals surface area contributed by atoms with Crippen LogP contribution in [-0.4, -0.2) is 60.3 Å². The molecule has 8 nitrogen and oxygen atoms in total. The highest BCUT2D eigenvalue weighted by Crippen LogP contribution is 2.46. The second-order valence-electron chi connectivity index (χ2n) is 6.07. The van der Waals surface area contributed by atoms with Gasteiger partial charge in [-0.3, -0.25) is 0 Å². The largest absolute Gasteiger partial charge is 0.479 e. The van der Waals surface area contributed by atoms with Crippen LogP contribution in [0.5, 0.6) is 5.88 Å². The zero-order valence-electron chi connectivity index (χ0n) is 12.6. The molecule has 1 saturated carbocycles. The van der Waals surface area contributed by atoms with E-state index in [1.165, 1.54) is 13.4 Å². The van der Waals surface area contributed by atoms with Gasteiger partial charge in [-0.05, 0) is 18.4 Å². The third-order valence-electron chi connectivity index (χ3n) is 4.83. The fourth-order valence-electron chi connectivity index (χ4n) is 3.76. The summed E-state index contributed by atoms with van der Waals surface area (Å²) in [7, 11) is 1.51. The van der Waals surface area contributed by atoms with Gasteiger partial charge in [-0.2, -0.15) is 4.98 Å². The topological polar surface area (TPSA) is 114 Å². The van der Waals surface area contributed by atoms with Crippen molar-refractivity contribution in [2.24, 2.45) is 5.92 Å². The molecule has 3 N–H and O–H groups in total. The molecule has 0 unspecified atom stereocenters. The van der Waals surface area contributed by atoms with Gasteiger partial charge < -0.3 is 24.6 Å². The molecule has 0 aromatic carbocycles. The minimum absolute atomic E-state index is 0.250. The van der Waals surface area contributed by atoms with Crippen LogP contribution in [0, 0.1) is 5.92 Å². The molecule has 2 aliphatic rings. The van der Waals surface area contributed by atoms with Gasteiger partial charge in [-0.1, -0.05) is 6.08 Å². The van der Waals surface area contributed by atoms with Crippen molar-refractivity contribution in [1.29, 1.82) is 0 Å². The third-order valence-corrected chi connectivity index (χ3v) is 4.83. The summed E-state index contributed by atoms with van der Waals surface area (Å²) in [5, 5.41) is 30.7. The van der Waals surface area contributed by atoms with Crippen LogP contribution >= 0.6 is 0 Å². The fraction of sp³-hybridized carbons (Fsp3) is 0.533. The van der Waals surface area contributed by atoms with Gasteiger partial charge in [0.15, 0.2) is 11.2 Å². The number of nitrogens with zero attached hydrogens (tertiary/aromatic N) is 4. The summed E-state index contributed by atoms with van der Waals surface area (Å²) in [5.41, 5.74) is 1.98. The Kier molecular flexibility index (Phi) is 3.33. The van der Waals surface area contributed by atoms with Crippen molar-refractivity contribution in [3.05, 3.63) is 24.3 Å². The first-order chi connectivity index (χ1) is 11.1. The van der Waals surface area contributed by atoms with E-state index in [0.717, 1.165) is 5.57 Å². The molecule has 0 amide bonds. The normalized spacial score (nSPS) is 33.6. The van der Waals surface area contributed by atoms with Gasteiger partial charge in [0.25, 0.3) is 0 Å². The number of imidazole rings is 1. The first-order valence-electron chi connectivity index (χ1n) is 7.57. The standard InChI is InChI=1S/C15H18N4O4/c1-23-15-10-14(16-5-17-15)19(6-18-10)11-8-3-2-7(20)4-9(8)12(21)13(11)22/h3,5-7,9,11-13,20-22H,2,4H2,1H3/t7-,9-,11+,12+,13-/m0/s1. The van der Waals surface area contributed by atoms with E-state index in [4.69, 9.17) is 4.74 Å². The van der Waals surface area contributed by atoms with Crippen LogP contribution in [0.4, 0.5) is 0 Å². The van der Waals surface area contributed by atoms with Gasteiger partial charge in [-0.15, -0.1) is 0 Å². The van der Waals surface area contributed by atoms with Gasteiger partial charge in [0.05, 0.1) is 31.7 Å². The zero-order valence-corrected chi connectivity index (χ0v) is 12.6. The maximum Gasteiger partial charge on any atom is 0.245 e. The Morgan fingerprint density at radius 3 is 2.78 bits per heavy atom. The van der Waals surface area contributed by atoms with Crippen molar-refractivity contribution < 1.29 is 20.1 Å². The van der Waals surface area contributed by atoms with E-state index in [1.807, 2.05) is 6.08 Å². The quantitative estimate of drug-likeness (QED) is 0.658. The number of hydrogen-bond acceptors (Lipinski definition) is 7.